The van der Waals surface area contributed by atoms with Gasteiger partial charge in [-0.3, -0.25) is 14.3 Å². The molecule has 0 aliphatic carbocycles. The zero-order chi connectivity index (χ0) is 26.9. The van der Waals surface area contributed by atoms with E-state index in [0.29, 0.717) is 0 Å². The van der Waals surface area contributed by atoms with Gasteiger partial charge in [0, 0.05) is 17.5 Å². The molecular formula is C12H17IN7O13P3. The molecular weight excluding hydrogens is 670 g/mol. The average molecular weight is 687 g/mol. The zero-order valence-electron chi connectivity index (χ0n) is 17.4. The predicted molar refractivity (Wildman–Crippen MR) is 125 cm³/mol. The number of halogens is 1. The van der Waals surface area contributed by atoms with Crippen molar-refractivity contribution in [2.45, 2.75) is 29.1 Å². The van der Waals surface area contributed by atoms with Crippen molar-refractivity contribution in [2.24, 2.45) is 5.11 Å². The van der Waals surface area contributed by atoms with Gasteiger partial charge >= 0.3 is 23.5 Å². The molecule has 0 spiro atoms. The maximum atomic E-state index is 12.1. The van der Waals surface area contributed by atoms with Gasteiger partial charge in [-0.05, 0) is 34.2 Å². The van der Waals surface area contributed by atoms with Crippen LogP contribution in [-0.4, -0.2) is 57.2 Å². The minimum atomic E-state index is -5.72. The molecule has 24 heteroatoms. The number of rotatable bonds is 11. The summed E-state index contributed by atoms with van der Waals surface area (Å²) >= 11 is 1.65. The average Bonchev–Trinajstić information content (AvgIpc) is 3.27. The van der Waals surface area contributed by atoms with E-state index in [1.807, 2.05) is 0 Å². The molecule has 0 saturated carbocycles. The standard InChI is InChI=1S/C12H17IN7O13P3/c13-11(18-19-15)31-6-3-8(20-2-1-5-9(20)16-12(14)17-10(5)21)30-7(6)4-29-35(25,26)33-36(27,28)32-34(22,23)24/h1-2,6-8,11H,3-4H2,(H,25,26)(H,27,28)(H2,22,23,24)(H3,14,16,17,21)/t6-,7?,8?,11-/m1/s1. The van der Waals surface area contributed by atoms with Crippen LogP contribution in [0.3, 0.4) is 0 Å². The van der Waals surface area contributed by atoms with Crippen LogP contribution in [0, 0.1) is 0 Å². The van der Waals surface area contributed by atoms with Crippen LogP contribution >= 0.6 is 46.1 Å². The van der Waals surface area contributed by atoms with Crippen molar-refractivity contribution < 1.29 is 55.9 Å². The number of nitrogens with zero attached hydrogens (tertiary/aromatic N) is 5. The fourth-order valence-corrected chi connectivity index (χ4v) is 6.66. The summed E-state index contributed by atoms with van der Waals surface area (Å²) in [5.41, 5.74) is 13.8. The molecule has 4 unspecified atom stereocenters. The molecule has 20 nitrogen and oxygen atoms in total. The van der Waals surface area contributed by atoms with Gasteiger partial charge < -0.3 is 39.3 Å². The topological polar surface area (TPSA) is 304 Å². The van der Waals surface area contributed by atoms with E-state index in [-0.39, 0.29) is 23.4 Å². The number of hydrogen-bond acceptors (Lipinski definition) is 12. The predicted octanol–water partition coefficient (Wildman–Crippen LogP) is 1.35. The Morgan fingerprint density at radius 1 is 1.33 bits per heavy atom. The number of aromatic nitrogens is 3. The number of fused-ring (bicyclic) bond motifs is 1. The first-order valence-electron chi connectivity index (χ1n) is 9.23. The maximum Gasteiger partial charge on any atom is 0.490 e. The lowest BCUT2D eigenvalue weighted by Gasteiger charge is -2.21. The Labute approximate surface area is 212 Å². The normalized spacial score (nSPS) is 24.6. The van der Waals surface area contributed by atoms with Gasteiger partial charge in [0.2, 0.25) is 5.95 Å². The largest absolute Gasteiger partial charge is 0.490 e. The molecule has 2 aromatic heterocycles. The van der Waals surface area contributed by atoms with Crippen LogP contribution in [0.4, 0.5) is 5.95 Å². The number of anilines is 1. The number of H-pyrrole nitrogens is 1. The van der Waals surface area contributed by atoms with E-state index in [9.17, 15) is 28.3 Å². The summed E-state index contributed by atoms with van der Waals surface area (Å²) in [4.78, 5) is 57.3. The molecule has 36 heavy (non-hydrogen) atoms. The number of alkyl halides is 1. The molecule has 1 aliphatic rings. The van der Waals surface area contributed by atoms with Crippen molar-refractivity contribution in [1.29, 1.82) is 0 Å². The van der Waals surface area contributed by atoms with Gasteiger partial charge in [0.25, 0.3) is 5.56 Å². The number of nitrogens with one attached hydrogen (secondary N) is 1. The Kier molecular flexibility index (Phi) is 9.02. The maximum absolute atomic E-state index is 12.1. The Morgan fingerprint density at radius 2 is 2.03 bits per heavy atom. The van der Waals surface area contributed by atoms with Crippen LogP contribution in [-0.2, 0) is 36.3 Å². The minimum Gasteiger partial charge on any atom is -0.369 e. The molecule has 1 aliphatic heterocycles. The third kappa shape index (κ3) is 7.80. The lowest BCUT2D eigenvalue weighted by Crippen LogP contribution is -2.30. The van der Waals surface area contributed by atoms with Crippen LogP contribution in [0.25, 0.3) is 21.5 Å². The molecule has 3 heterocycles. The van der Waals surface area contributed by atoms with Crippen molar-refractivity contribution in [2.75, 3.05) is 12.3 Å². The third-order valence-electron chi connectivity index (χ3n) is 4.34. The molecule has 0 bridgehead atoms. The smallest absolute Gasteiger partial charge is 0.369 e. The Morgan fingerprint density at radius 3 is 2.67 bits per heavy atom. The molecule has 0 aromatic carbocycles. The lowest BCUT2D eigenvalue weighted by atomic mass is 10.2. The van der Waals surface area contributed by atoms with Gasteiger partial charge in [-0.15, -0.1) is 0 Å². The van der Waals surface area contributed by atoms with Gasteiger partial charge in [-0.25, -0.2) is 13.7 Å². The van der Waals surface area contributed by atoms with Gasteiger partial charge in [0.05, 0.1) is 18.1 Å². The minimum absolute atomic E-state index is 0.0169. The molecule has 200 valence electrons. The van der Waals surface area contributed by atoms with Gasteiger partial charge in [0.1, 0.15) is 12.3 Å². The number of phosphoric ester groups is 1. The molecule has 3 rings (SSSR count). The first kappa shape index (κ1) is 29.2. The number of azide groups is 1. The summed E-state index contributed by atoms with van der Waals surface area (Å²) in [5.74, 6) is -0.168. The Hall–Kier alpha value is -1.41. The molecule has 2 aromatic rings. The molecule has 1 saturated heterocycles. The van der Waals surface area contributed by atoms with E-state index in [1.165, 1.54) is 16.8 Å². The summed E-state index contributed by atoms with van der Waals surface area (Å²) in [5, 5.41) is 3.54. The highest BCUT2D eigenvalue weighted by atomic mass is 127. The summed E-state index contributed by atoms with van der Waals surface area (Å²) in [6, 6.07) is 1.44. The number of hydrogen-bond donors (Lipinski definition) is 6. The van der Waals surface area contributed by atoms with E-state index in [2.05, 4.69) is 33.1 Å². The number of aromatic amines is 1. The second-order valence-corrected chi connectivity index (χ2v) is 12.3. The van der Waals surface area contributed by atoms with Crippen molar-refractivity contribution in [1.82, 2.24) is 14.5 Å². The fraction of sp³-hybridized carbons (Fsp3) is 0.500. The van der Waals surface area contributed by atoms with E-state index in [0.717, 1.165) is 0 Å². The van der Waals surface area contributed by atoms with Crippen molar-refractivity contribution >= 4 is 63.0 Å². The molecule has 6 atom stereocenters. The molecule has 0 radical (unpaired) electrons. The zero-order valence-corrected chi connectivity index (χ0v) is 22.2. The third-order valence-corrected chi connectivity index (χ3v) is 8.68. The van der Waals surface area contributed by atoms with Crippen LogP contribution in [0.2, 0.25) is 0 Å². The SMILES string of the molecule is [N-]=[N+]=N[C@@H](I)O[C@@H]1CC(n2ccc3c(=O)[nH]c(N)nc32)OC1COP(=O)(O)OP(=O)(O)OP(=O)(O)O. The summed E-state index contributed by atoms with van der Waals surface area (Å²) in [7, 11) is -16.7. The summed E-state index contributed by atoms with van der Waals surface area (Å²) in [6.07, 6.45) is -1.57. The monoisotopic (exact) mass is 687 g/mol. The second kappa shape index (κ2) is 11.1. The Balaban J connectivity index is 1.80. The van der Waals surface area contributed by atoms with Crippen LogP contribution in [0.5, 0.6) is 0 Å². The van der Waals surface area contributed by atoms with E-state index in [1.54, 1.807) is 22.6 Å². The number of ether oxygens (including phenoxy) is 2. The van der Waals surface area contributed by atoms with Crippen LogP contribution in [0.1, 0.15) is 12.6 Å². The van der Waals surface area contributed by atoms with Gasteiger partial charge in [-0.2, -0.15) is 13.6 Å². The number of nitrogens with two attached hydrogens (primary N) is 1. The lowest BCUT2D eigenvalue weighted by molar-refractivity contribution is -0.0608. The molecule has 0 amide bonds. The Bertz CT molecular complexity index is 1370. The highest BCUT2D eigenvalue weighted by Crippen LogP contribution is 2.66. The van der Waals surface area contributed by atoms with Crippen LogP contribution in [0.15, 0.2) is 22.2 Å². The quantitative estimate of drug-likeness (QED) is 0.0369. The summed E-state index contributed by atoms with van der Waals surface area (Å²) in [6.45, 7) is -0.820. The van der Waals surface area contributed by atoms with E-state index < -0.39 is 58.3 Å². The van der Waals surface area contributed by atoms with Crippen molar-refractivity contribution in [3.63, 3.8) is 0 Å². The van der Waals surface area contributed by atoms with Crippen LogP contribution < -0.4 is 11.3 Å². The number of phosphoric acid groups is 3. The first-order valence-corrected chi connectivity index (χ1v) is 15.0. The highest BCUT2D eigenvalue weighted by molar-refractivity contribution is 14.1. The first-order chi connectivity index (χ1) is 16.6. The van der Waals surface area contributed by atoms with E-state index in [4.69, 9.17) is 30.5 Å². The van der Waals surface area contributed by atoms with Gasteiger partial charge in [0.15, 0.2) is 9.88 Å². The molecule has 7 N–H and O–H groups in total. The van der Waals surface area contributed by atoms with Gasteiger partial charge in [-0.1, -0.05) is 5.11 Å². The number of nitrogen functional groups attached to an aromatic ring is 1. The van der Waals surface area contributed by atoms with Crippen molar-refractivity contribution in [3.05, 3.63) is 33.1 Å². The summed E-state index contributed by atoms with van der Waals surface area (Å²) < 4.78 is 58.1. The highest BCUT2D eigenvalue weighted by Gasteiger charge is 2.44. The van der Waals surface area contributed by atoms with E-state index >= 15 is 0 Å². The fourth-order valence-electron chi connectivity index (χ4n) is 3.14. The second-order valence-electron chi connectivity index (χ2n) is 6.83. The van der Waals surface area contributed by atoms with Crippen molar-refractivity contribution in [3.8, 4) is 0 Å². The molecule has 1 fully saturated rings.